The van der Waals surface area contributed by atoms with E-state index >= 15 is 0 Å². The number of hydrogen-bond donors (Lipinski definition) is 0. The summed E-state index contributed by atoms with van der Waals surface area (Å²) in [4.78, 5) is 2.32. The summed E-state index contributed by atoms with van der Waals surface area (Å²) in [7, 11) is 0. The lowest BCUT2D eigenvalue weighted by Crippen LogP contribution is -2.11. The van der Waals surface area contributed by atoms with Crippen molar-refractivity contribution in [2.45, 2.75) is 0 Å². The molecule has 2 nitrogen and oxygen atoms in total. The van der Waals surface area contributed by atoms with E-state index in [1.54, 1.807) is 0 Å². The van der Waals surface area contributed by atoms with Crippen LogP contribution in [0.3, 0.4) is 0 Å². The summed E-state index contributed by atoms with van der Waals surface area (Å²) in [6.07, 6.45) is 0. The molecule has 0 saturated carbocycles. The van der Waals surface area contributed by atoms with Crippen LogP contribution in [0.15, 0.2) is 211 Å². The lowest BCUT2D eigenvalue weighted by molar-refractivity contribution is 0.628. The topological polar surface area (TPSA) is 16.4 Å². The molecule has 1 aromatic heterocycles. The molecule has 0 bridgehead atoms. The molecule has 0 amide bonds. The highest BCUT2D eigenvalue weighted by Gasteiger charge is 2.20. The molecule has 0 aliphatic rings. The number of rotatable bonds is 7. The Morgan fingerprint density at radius 1 is 0.345 bits per heavy atom. The molecule has 0 fully saturated rings. The number of fused-ring (bicyclic) bond motifs is 5. The van der Waals surface area contributed by atoms with E-state index in [1.807, 2.05) is 18.2 Å². The standard InChI is InChI=1S/C52H34FNO/c53-41-27-23-40(24-28-41)48-34-51-52(46-17-8-7-16-45(46)48)47-32-31-43(33-50(47)55-51)54(49-18-10-9-15-44(49)39-13-5-2-6-14-39)42-29-25-38(26-30-42)37-21-19-36(20-22-37)35-11-3-1-4-12-35/h1-34H. The van der Waals surface area contributed by atoms with Gasteiger partial charge >= 0.3 is 0 Å². The SMILES string of the molecule is Fc1ccc(-c2cc3oc4cc(N(c5ccc(-c6ccc(-c7ccccc7)cc6)cc5)c5ccccc5-c5ccccc5)ccc4c3c3ccccc23)cc1. The van der Waals surface area contributed by atoms with Crippen molar-refractivity contribution in [1.29, 1.82) is 0 Å². The molecule has 3 heteroatoms. The predicted octanol–water partition coefficient (Wildman–Crippen LogP) is 15.0. The van der Waals surface area contributed by atoms with Crippen LogP contribution in [0.1, 0.15) is 0 Å². The maximum absolute atomic E-state index is 13.9. The van der Waals surface area contributed by atoms with E-state index in [4.69, 9.17) is 4.42 Å². The molecule has 0 unspecified atom stereocenters. The summed E-state index contributed by atoms with van der Waals surface area (Å²) >= 11 is 0. The average molecular weight is 708 g/mol. The van der Waals surface area contributed by atoms with Crippen molar-refractivity contribution >= 4 is 49.8 Å². The third-order valence-corrected chi connectivity index (χ3v) is 10.6. The Hall–Kier alpha value is -7.23. The Bertz CT molecular complexity index is 2950. The molecule has 0 radical (unpaired) electrons. The van der Waals surface area contributed by atoms with Gasteiger partial charge in [-0.1, -0.05) is 152 Å². The van der Waals surface area contributed by atoms with E-state index in [0.717, 1.165) is 77.6 Å². The van der Waals surface area contributed by atoms with Gasteiger partial charge in [-0.25, -0.2) is 4.39 Å². The fourth-order valence-corrected chi connectivity index (χ4v) is 7.88. The molecular weight excluding hydrogens is 674 g/mol. The van der Waals surface area contributed by atoms with Crippen LogP contribution in [0.4, 0.5) is 21.5 Å². The van der Waals surface area contributed by atoms with E-state index in [9.17, 15) is 4.39 Å². The van der Waals surface area contributed by atoms with Crippen molar-refractivity contribution in [3.63, 3.8) is 0 Å². The second kappa shape index (κ2) is 13.6. The Labute approximate surface area is 319 Å². The van der Waals surface area contributed by atoms with Gasteiger partial charge in [-0.3, -0.25) is 0 Å². The molecule has 55 heavy (non-hydrogen) atoms. The summed E-state index contributed by atoms with van der Waals surface area (Å²) < 4.78 is 20.7. The normalized spacial score (nSPS) is 11.4. The molecule has 0 aliphatic carbocycles. The quantitative estimate of drug-likeness (QED) is 0.164. The van der Waals surface area contributed by atoms with Crippen molar-refractivity contribution in [3.8, 4) is 44.5 Å². The highest BCUT2D eigenvalue weighted by Crippen LogP contribution is 2.45. The minimum absolute atomic E-state index is 0.254. The molecule has 10 rings (SSSR count). The molecule has 10 aromatic rings. The van der Waals surface area contributed by atoms with E-state index in [-0.39, 0.29) is 5.82 Å². The number of benzene rings is 9. The highest BCUT2D eigenvalue weighted by molar-refractivity contribution is 6.22. The summed E-state index contributed by atoms with van der Waals surface area (Å²) in [5.74, 6) is -0.254. The lowest BCUT2D eigenvalue weighted by Gasteiger charge is -2.28. The van der Waals surface area contributed by atoms with Crippen molar-refractivity contribution < 1.29 is 8.81 Å². The Morgan fingerprint density at radius 2 is 0.855 bits per heavy atom. The molecule has 1 heterocycles. The summed E-state index contributed by atoms with van der Waals surface area (Å²) in [6.45, 7) is 0. The first-order chi connectivity index (χ1) is 27.2. The van der Waals surface area contributed by atoms with Crippen molar-refractivity contribution in [1.82, 2.24) is 0 Å². The molecule has 0 spiro atoms. The molecule has 0 saturated heterocycles. The van der Waals surface area contributed by atoms with Crippen molar-refractivity contribution in [2.24, 2.45) is 0 Å². The minimum atomic E-state index is -0.254. The zero-order valence-corrected chi connectivity index (χ0v) is 29.9. The second-order valence-electron chi connectivity index (χ2n) is 13.8. The van der Waals surface area contributed by atoms with Crippen LogP contribution in [-0.2, 0) is 0 Å². The minimum Gasteiger partial charge on any atom is -0.456 e. The van der Waals surface area contributed by atoms with Gasteiger partial charge in [0.2, 0.25) is 0 Å². The molecular formula is C52H34FNO. The smallest absolute Gasteiger partial charge is 0.137 e. The maximum Gasteiger partial charge on any atom is 0.137 e. The summed E-state index contributed by atoms with van der Waals surface area (Å²) in [5.41, 5.74) is 13.6. The van der Waals surface area contributed by atoms with Crippen molar-refractivity contribution in [3.05, 3.63) is 212 Å². The zero-order valence-electron chi connectivity index (χ0n) is 29.9. The first kappa shape index (κ1) is 32.4. The van der Waals surface area contributed by atoms with Gasteiger partial charge in [-0.2, -0.15) is 0 Å². The van der Waals surface area contributed by atoms with E-state index in [0.29, 0.717) is 0 Å². The van der Waals surface area contributed by atoms with E-state index in [2.05, 4.69) is 181 Å². The molecule has 0 atom stereocenters. The Kier molecular flexibility index (Phi) is 8.04. The van der Waals surface area contributed by atoms with Crippen LogP contribution in [0, 0.1) is 5.82 Å². The first-order valence-corrected chi connectivity index (χ1v) is 18.5. The van der Waals surface area contributed by atoms with Crippen LogP contribution < -0.4 is 4.90 Å². The third-order valence-electron chi connectivity index (χ3n) is 10.6. The number of para-hydroxylation sites is 1. The number of halogens is 1. The lowest BCUT2D eigenvalue weighted by atomic mass is 9.95. The number of anilines is 3. The monoisotopic (exact) mass is 707 g/mol. The van der Waals surface area contributed by atoms with Crippen LogP contribution in [0.5, 0.6) is 0 Å². The van der Waals surface area contributed by atoms with Gasteiger partial charge in [0, 0.05) is 33.8 Å². The van der Waals surface area contributed by atoms with E-state index in [1.165, 1.54) is 28.8 Å². The number of hydrogen-bond acceptors (Lipinski definition) is 2. The van der Waals surface area contributed by atoms with Gasteiger partial charge in [0.25, 0.3) is 0 Å². The van der Waals surface area contributed by atoms with Gasteiger partial charge in [-0.15, -0.1) is 0 Å². The summed E-state index contributed by atoms with van der Waals surface area (Å²) in [5, 5.41) is 4.32. The Balaban J connectivity index is 1.11. The predicted molar refractivity (Wildman–Crippen MR) is 228 cm³/mol. The largest absolute Gasteiger partial charge is 0.456 e. The fourth-order valence-electron chi connectivity index (χ4n) is 7.88. The molecule has 260 valence electrons. The molecule has 0 N–H and O–H groups in total. The maximum atomic E-state index is 13.9. The number of furan rings is 1. The van der Waals surface area contributed by atoms with Crippen LogP contribution in [0.25, 0.3) is 77.2 Å². The second-order valence-corrected chi connectivity index (χ2v) is 13.8. The highest BCUT2D eigenvalue weighted by atomic mass is 19.1. The average Bonchev–Trinajstić information content (AvgIpc) is 3.63. The first-order valence-electron chi connectivity index (χ1n) is 18.5. The fraction of sp³-hybridized carbons (Fsp3) is 0. The van der Waals surface area contributed by atoms with Gasteiger partial charge in [-0.05, 0) is 98.2 Å². The van der Waals surface area contributed by atoms with Gasteiger partial charge in [0.15, 0.2) is 0 Å². The van der Waals surface area contributed by atoms with Gasteiger partial charge < -0.3 is 9.32 Å². The van der Waals surface area contributed by atoms with Crippen molar-refractivity contribution in [2.75, 3.05) is 4.90 Å². The Morgan fingerprint density at radius 3 is 1.55 bits per heavy atom. The molecule has 0 aliphatic heterocycles. The number of nitrogens with zero attached hydrogens (tertiary/aromatic N) is 1. The molecule has 9 aromatic carbocycles. The van der Waals surface area contributed by atoms with E-state index < -0.39 is 0 Å². The third kappa shape index (κ3) is 5.93. The van der Waals surface area contributed by atoms with Gasteiger partial charge in [0.1, 0.15) is 17.0 Å². The summed E-state index contributed by atoms with van der Waals surface area (Å²) in [6, 6.07) is 70.8. The van der Waals surface area contributed by atoms with Crippen LogP contribution >= 0.6 is 0 Å². The van der Waals surface area contributed by atoms with Crippen LogP contribution in [0.2, 0.25) is 0 Å². The zero-order chi connectivity index (χ0) is 36.7. The van der Waals surface area contributed by atoms with Crippen LogP contribution in [-0.4, -0.2) is 0 Å². The van der Waals surface area contributed by atoms with Gasteiger partial charge in [0.05, 0.1) is 5.69 Å².